The van der Waals surface area contributed by atoms with Gasteiger partial charge in [-0.2, -0.15) is 0 Å². The summed E-state index contributed by atoms with van der Waals surface area (Å²) in [5, 5.41) is 10.0. The zero-order valence-electron chi connectivity index (χ0n) is 27.1. The average molecular weight is 594 g/mol. The van der Waals surface area contributed by atoms with Gasteiger partial charge in [0.1, 0.15) is 5.82 Å². The SMILES string of the molecule is C=C/C=C(\C(C)=C(/C)NC(=C)C(=C)c1c(NC)ccc(-c2cncc(CNCC3CCCC3)c2)c1F)c1ccccn1.CC. The van der Waals surface area contributed by atoms with E-state index >= 15 is 4.39 Å². The quantitative estimate of drug-likeness (QED) is 0.172. The van der Waals surface area contributed by atoms with Crippen LogP contribution in [0.2, 0.25) is 0 Å². The van der Waals surface area contributed by atoms with Crippen LogP contribution in [-0.4, -0.2) is 23.6 Å². The first kappa shape index (κ1) is 34.2. The largest absolute Gasteiger partial charge is 0.388 e. The highest BCUT2D eigenvalue weighted by Gasteiger charge is 2.20. The third-order valence-electron chi connectivity index (χ3n) is 7.95. The number of hydrogen-bond acceptors (Lipinski definition) is 5. The van der Waals surface area contributed by atoms with Gasteiger partial charge in [0.15, 0.2) is 0 Å². The molecule has 44 heavy (non-hydrogen) atoms. The molecule has 1 fully saturated rings. The maximum atomic E-state index is 16.3. The Morgan fingerprint density at radius 1 is 1.07 bits per heavy atom. The van der Waals surface area contributed by atoms with Crippen molar-refractivity contribution in [2.45, 2.75) is 59.9 Å². The van der Waals surface area contributed by atoms with Gasteiger partial charge in [-0.25, -0.2) is 4.39 Å². The highest BCUT2D eigenvalue weighted by Crippen LogP contribution is 2.36. The molecule has 1 aliphatic rings. The molecule has 3 aromatic rings. The second-order valence-electron chi connectivity index (χ2n) is 10.8. The van der Waals surface area contributed by atoms with Gasteiger partial charge >= 0.3 is 0 Å². The first-order valence-corrected chi connectivity index (χ1v) is 15.6. The number of pyridine rings is 2. The number of anilines is 1. The summed E-state index contributed by atoms with van der Waals surface area (Å²) in [6.45, 7) is 22.0. The standard InChI is InChI=1S/C36H42FN5.C2H6/c1-7-12-31(33-15-10-11-18-41-33)24(2)26(4)42-27(5)25(3)35-34(38-6)17-16-32(36(35)37)30-19-29(22-40-23-30)21-39-20-28-13-8-9-14-28;1-2/h7,10-12,15-19,22-23,28,38-39,42H,1,3,5,8-9,13-14,20-21H2,2,4,6H3;1-2H3/b26-24+,31-12+;. The minimum Gasteiger partial charge on any atom is -0.388 e. The van der Waals surface area contributed by atoms with E-state index in [1.54, 1.807) is 31.6 Å². The monoisotopic (exact) mass is 593 g/mol. The molecule has 0 aliphatic heterocycles. The molecular weight excluding hydrogens is 545 g/mol. The Morgan fingerprint density at radius 3 is 2.48 bits per heavy atom. The fourth-order valence-electron chi connectivity index (χ4n) is 5.46. The van der Waals surface area contributed by atoms with E-state index in [-0.39, 0.29) is 5.82 Å². The molecule has 0 unspecified atom stereocenters. The summed E-state index contributed by atoms with van der Waals surface area (Å²) in [4.78, 5) is 8.91. The van der Waals surface area contributed by atoms with Gasteiger partial charge in [0.05, 0.1) is 5.69 Å². The summed E-state index contributed by atoms with van der Waals surface area (Å²) in [7, 11) is 1.77. The highest BCUT2D eigenvalue weighted by atomic mass is 19.1. The van der Waals surface area contributed by atoms with Crippen molar-refractivity contribution < 1.29 is 4.39 Å². The fourth-order valence-corrected chi connectivity index (χ4v) is 5.46. The molecule has 1 aromatic carbocycles. The molecule has 2 heterocycles. The smallest absolute Gasteiger partial charge is 0.141 e. The van der Waals surface area contributed by atoms with Crippen molar-refractivity contribution in [1.82, 2.24) is 20.6 Å². The lowest BCUT2D eigenvalue weighted by Gasteiger charge is -2.20. The summed E-state index contributed by atoms with van der Waals surface area (Å²) in [5.41, 5.74) is 7.77. The number of aromatic nitrogens is 2. The van der Waals surface area contributed by atoms with Crippen LogP contribution in [0.25, 0.3) is 22.3 Å². The zero-order valence-corrected chi connectivity index (χ0v) is 27.1. The molecule has 4 rings (SSSR count). The van der Waals surface area contributed by atoms with Crippen molar-refractivity contribution >= 4 is 16.8 Å². The van der Waals surface area contributed by atoms with Crippen LogP contribution in [0.5, 0.6) is 0 Å². The lowest BCUT2D eigenvalue weighted by molar-refractivity contribution is 0.489. The van der Waals surface area contributed by atoms with Crippen molar-refractivity contribution in [3.63, 3.8) is 0 Å². The summed E-state index contributed by atoms with van der Waals surface area (Å²) in [6.07, 6.45) is 14.2. The van der Waals surface area contributed by atoms with E-state index in [1.165, 1.54) is 25.7 Å². The van der Waals surface area contributed by atoms with Crippen LogP contribution in [0.1, 0.15) is 70.2 Å². The van der Waals surface area contributed by atoms with E-state index in [9.17, 15) is 0 Å². The van der Waals surface area contributed by atoms with Crippen LogP contribution in [0.15, 0.2) is 104 Å². The minimum atomic E-state index is -0.369. The molecule has 5 nitrogen and oxygen atoms in total. The number of benzene rings is 1. The van der Waals surface area contributed by atoms with E-state index < -0.39 is 0 Å². The second kappa shape index (κ2) is 17.1. The first-order chi connectivity index (χ1) is 21.3. The Morgan fingerprint density at radius 2 is 1.82 bits per heavy atom. The van der Waals surface area contributed by atoms with Crippen molar-refractivity contribution in [3.8, 4) is 11.1 Å². The zero-order chi connectivity index (χ0) is 32.1. The molecule has 0 atom stereocenters. The fraction of sp³-hybridized carbons (Fsp3) is 0.316. The Balaban J connectivity index is 0.00000259. The third-order valence-corrected chi connectivity index (χ3v) is 7.95. The lowest BCUT2D eigenvalue weighted by Crippen LogP contribution is -2.20. The van der Waals surface area contributed by atoms with Crippen molar-refractivity contribution in [3.05, 3.63) is 126 Å². The van der Waals surface area contributed by atoms with Crippen LogP contribution in [-0.2, 0) is 6.54 Å². The Labute approximate surface area is 263 Å². The number of hydrogen-bond donors (Lipinski definition) is 3. The molecule has 2 aromatic heterocycles. The number of halogens is 1. The maximum absolute atomic E-state index is 16.3. The molecular formula is C38H48FN5. The van der Waals surface area contributed by atoms with E-state index in [2.05, 4.69) is 45.7 Å². The molecule has 6 heteroatoms. The van der Waals surface area contributed by atoms with Crippen LogP contribution in [0.3, 0.4) is 0 Å². The van der Waals surface area contributed by atoms with Gasteiger partial charge in [-0.1, -0.05) is 64.6 Å². The predicted molar refractivity (Wildman–Crippen MR) is 186 cm³/mol. The van der Waals surface area contributed by atoms with E-state index in [1.807, 2.05) is 70.3 Å². The average Bonchev–Trinajstić information content (AvgIpc) is 3.58. The topological polar surface area (TPSA) is 61.9 Å². The molecule has 1 aliphatic carbocycles. The Hall–Kier alpha value is -4.29. The first-order valence-electron chi connectivity index (χ1n) is 15.6. The van der Waals surface area contributed by atoms with Gasteiger partial charge in [-0.05, 0) is 80.6 Å². The van der Waals surface area contributed by atoms with Crippen molar-refractivity contribution in [2.75, 3.05) is 18.9 Å². The van der Waals surface area contributed by atoms with Gasteiger partial charge < -0.3 is 16.0 Å². The van der Waals surface area contributed by atoms with Crippen molar-refractivity contribution in [1.29, 1.82) is 0 Å². The third kappa shape index (κ3) is 8.64. The molecule has 0 saturated heterocycles. The summed E-state index contributed by atoms with van der Waals surface area (Å²) in [6, 6.07) is 11.5. The lowest BCUT2D eigenvalue weighted by atomic mass is 9.95. The van der Waals surface area contributed by atoms with Crippen LogP contribution >= 0.6 is 0 Å². The number of rotatable bonds is 13. The molecule has 232 valence electrons. The second-order valence-corrected chi connectivity index (χ2v) is 10.8. The van der Waals surface area contributed by atoms with Crippen molar-refractivity contribution in [2.24, 2.45) is 5.92 Å². The molecule has 1 saturated carbocycles. The Kier molecular flexibility index (Phi) is 13.3. The molecule has 0 spiro atoms. The summed E-state index contributed by atoms with van der Waals surface area (Å²) in [5.74, 6) is 0.386. The summed E-state index contributed by atoms with van der Waals surface area (Å²) < 4.78 is 16.3. The van der Waals surface area contributed by atoms with Gasteiger partial charge in [0, 0.05) is 77.1 Å². The Bertz CT molecular complexity index is 1500. The number of allylic oxidation sites excluding steroid dienone is 6. The van der Waals surface area contributed by atoms with Gasteiger partial charge in [0.25, 0.3) is 0 Å². The molecule has 0 amide bonds. The van der Waals surface area contributed by atoms with Crippen LogP contribution in [0, 0.1) is 11.7 Å². The molecule has 3 N–H and O–H groups in total. The minimum absolute atomic E-state index is 0.369. The highest BCUT2D eigenvalue weighted by molar-refractivity contribution is 5.87. The van der Waals surface area contributed by atoms with Gasteiger partial charge in [0.2, 0.25) is 0 Å². The van der Waals surface area contributed by atoms with Gasteiger partial charge in [-0.3, -0.25) is 9.97 Å². The number of nitrogens with one attached hydrogen (secondary N) is 3. The molecule has 0 radical (unpaired) electrons. The van der Waals surface area contributed by atoms with Crippen LogP contribution < -0.4 is 16.0 Å². The van der Waals surface area contributed by atoms with Gasteiger partial charge in [-0.15, -0.1) is 0 Å². The normalized spacial score (nSPS) is 13.8. The van der Waals surface area contributed by atoms with E-state index in [0.717, 1.165) is 46.1 Å². The van der Waals surface area contributed by atoms with E-state index in [0.29, 0.717) is 34.6 Å². The van der Waals surface area contributed by atoms with E-state index in [4.69, 9.17) is 0 Å². The predicted octanol–water partition coefficient (Wildman–Crippen LogP) is 9.31. The summed E-state index contributed by atoms with van der Waals surface area (Å²) >= 11 is 0. The molecule has 0 bridgehead atoms. The maximum Gasteiger partial charge on any atom is 0.141 e. The number of nitrogens with zero attached hydrogens (tertiary/aromatic N) is 2. The van der Waals surface area contributed by atoms with Crippen LogP contribution in [0.4, 0.5) is 10.1 Å².